The molecular weight excluding hydrogens is 290 g/mol. The number of benzene rings is 1. The highest BCUT2D eigenvalue weighted by Gasteiger charge is 2.11. The van der Waals surface area contributed by atoms with Crippen LogP contribution in [0.2, 0.25) is 5.02 Å². The van der Waals surface area contributed by atoms with E-state index in [4.69, 9.17) is 21.4 Å². The number of rotatable bonds is 5. The van der Waals surface area contributed by atoms with E-state index in [-0.39, 0.29) is 6.61 Å². The number of halogens is 1. The van der Waals surface area contributed by atoms with Crippen molar-refractivity contribution in [3.63, 3.8) is 0 Å². The molecule has 2 aromatic rings. The minimum Gasteiger partial charge on any atom is -0.489 e. The Balaban J connectivity index is 1.65. The molecular formula is C15H16ClN3O2. The Morgan fingerprint density at radius 3 is 3.19 bits per heavy atom. The van der Waals surface area contributed by atoms with Gasteiger partial charge in [0.15, 0.2) is 0 Å². The SMILES string of the molecule is OCCn1cc(NCC2=Cc3cc(Cl)ccc3OC2)cn1. The molecule has 0 spiro atoms. The van der Waals surface area contributed by atoms with Crippen molar-refractivity contribution < 1.29 is 9.84 Å². The molecule has 0 unspecified atom stereocenters. The minimum atomic E-state index is 0.0810. The second-order valence-corrected chi connectivity index (χ2v) is 5.28. The van der Waals surface area contributed by atoms with Crippen LogP contribution in [-0.4, -0.2) is 34.6 Å². The molecule has 1 aliphatic rings. The van der Waals surface area contributed by atoms with Crippen LogP contribution >= 0.6 is 11.6 Å². The summed E-state index contributed by atoms with van der Waals surface area (Å²) in [6.07, 6.45) is 5.70. The van der Waals surface area contributed by atoms with Gasteiger partial charge in [-0.25, -0.2) is 0 Å². The fraction of sp³-hybridized carbons (Fsp3) is 0.267. The largest absolute Gasteiger partial charge is 0.489 e. The molecule has 0 saturated carbocycles. The van der Waals surface area contributed by atoms with Gasteiger partial charge in [0.1, 0.15) is 12.4 Å². The number of aliphatic hydroxyl groups is 1. The number of hydrogen-bond acceptors (Lipinski definition) is 4. The van der Waals surface area contributed by atoms with Gasteiger partial charge in [0.25, 0.3) is 0 Å². The first-order valence-electron chi connectivity index (χ1n) is 6.73. The van der Waals surface area contributed by atoms with Gasteiger partial charge in [-0.05, 0) is 29.8 Å². The molecule has 0 bridgehead atoms. The Morgan fingerprint density at radius 1 is 1.43 bits per heavy atom. The van der Waals surface area contributed by atoms with Crippen molar-refractivity contribution in [3.8, 4) is 5.75 Å². The number of hydrogen-bond donors (Lipinski definition) is 2. The Morgan fingerprint density at radius 2 is 2.33 bits per heavy atom. The summed E-state index contributed by atoms with van der Waals surface area (Å²) in [4.78, 5) is 0. The lowest BCUT2D eigenvalue weighted by atomic mass is 10.1. The monoisotopic (exact) mass is 305 g/mol. The Bertz CT molecular complexity index is 667. The molecule has 5 nitrogen and oxygen atoms in total. The highest BCUT2D eigenvalue weighted by molar-refractivity contribution is 6.30. The first-order valence-corrected chi connectivity index (χ1v) is 7.11. The maximum Gasteiger partial charge on any atom is 0.127 e. The van der Waals surface area contributed by atoms with E-state index in [0.29, 0.717) is 24.7 Å². The highest BCUT2D eigenvalue weighted by Crippen LogP contribution is 2.28. The molecule has 0 fully saturated rings. The van der Waals surface area contributed by atoms with Crippen molar-refractivity contribution in [3.05, 3.63) is 46.8 Å². The third-order valence-corrected chi connectivity index (χ3v) is 3.46. The molecule has 1 aliphatic heterocycles. The smallest absolute Gasteiger partial charge is 0.127 e. The van der Waals surface area contributed by atoms with E-state index in [2.05, 4.69) is 16.5 Å². The van der Waals surface area contributed by atoms with Crippen LogP contribution in [0, 0.1) is 0 Å². The molecule has 2 heterocycles. The molecule has 0 saturated heterocycles. The molecule has 0 radical (unpaired) electrons. The summed E-state index contributed by atoms with van der Waals surface area (Å²) in [7, 11) is 0. The number of aromatic nitrogens is 2. The van der Waals surface area contributed by atoms with Gasteiger partial charge in [0.05, 0.1) is 25.0 Å². The minimum absolute atomic E-state index is 0.0810. The van der Waals surface area contributed by atoms with Crippen LogP contribution in [0.15, 0.2) is 36.2 Å². The number of nitrogens with one attached hydrogen (secondary N) is 1. The Kier molecular flexibility index (Phi) is 4.13. The van der Waals surface area contributed by atoms with Gasteiger partial charge in [-0.1, -0.05) is 11.6 Å². The fourth-order valence-corrected chi connectivity index (χ4v) is 2.37. The quantitative estimate of drug-likeness (QED) is 0.890. The molecule has 0 aliphatic carbocycles. The fourth-order valence-electron chi connectivity index (χ4n) is 2.19. The second kappa shape index (κ2) is 6.20. The van der Waals surface area contributed by atoms with Crippen LogP contribution in [0.5, 0.6) is 5.75 Å². The third kappa shape index (κ3) is 3.37. The van der Waals surface area contributed by atoms with E-state index in [1.807, 2.05) is 24.4 Å². The third-order valence-electron chi connectivity index (χ3n) is 3.23. The second-order valence-electron chi connectivity index (χ2n) is 4.84. The molecule has 21 heavy (non-hydrogen) atoms. The van der Waals surface area contributed by atoms with Crippen LogP contribution in [-0.2, 0) is 6.54 Å². The van der Waals surface area contributed by atoms with Crippen LogP contribution in [0.25, 0.3) is 6.08 Å². The maximum atomic E-state index is 8.86. The lowest BCUT2D eigenvalue weighted by Crippen LogP contribution is -2.14. The zero-order chi connectivity index (χ0) is 14.7. The average molecular weight is 306 g/mol. The van der Waals surface area contributed by atoms with E-state index in [0.717, 1.165) is 22.6 Å². The summed E-state index contributed by atoms with van der Waals surface area (Å²) in [6.45, 7) is 1.82. The van der Waals surface area contributed by atoms with Crippen LogP contribution in [0.3, 0.4) is 0 Å². The molecule has 0 atom stereocenters. The van der Waals surface area contributed by atoms with Gasteiger partial charge in [0, 0.05) is 23.3 Å². The summed E-state index contributed by atoms with van der Waals surface area (Å²) in [5.41, 5.74) is 3.06. The Labute approximate surface area is 127 Å². The summed E-state index contributed by atoms with van der Waals surface area (Å²) in [5.74, 6) is 0.860. The standard InChI is InChI=1S/C15H16ClN3O2/c16-13-1-2-15-12(6-13)5-11(10-21-15)7-17-14-8-18-19(9-14)3-4-20/h1-2,5-6,8-9,17,20H,3-4,7,10H2. The lowest BCUT2D eigenvalue weighted by Gasteiger charge is -2.18. The summed E-state index contributed by atoms with van der Waals surface area (Å²) >= 11 is 6.00. The van der Waals surface area contributed by atoms with E-state index in [9.17, 15) is 0 Å². The molecule has 1 aromatic heterocycles. The van der Waals surface area contributed by atoms with Gasteiger partial charge < -0.3 is 15.2 Å². The Hall–Kier alpha value is -1.98. The van der Waals surface area contributed by atoms with E-state index >= 15 is 0 Å². The van der Waals surface area contributed by atoms with Crippen molar-refractivity contribution in [1.29, 1.82) is 0 Å². The number of fused-ring (bicyclic) bond motifs is 1. The average Bonchev–Trinajstić information content (AvgIpc) is 2.93. The normalized spacial score (nSPS) is 13.3. The summed E-state index contributed by atoms with van der Waals surface area (Å²) in [5, 5.41) is 17.0. The van der Waals surface area contributed by atoms with Crippen molar-refractivity contribution in [2.75, 3.05) is 25.1 Å². The lowest BCUT2D eigenvalue weighted by molar-refractivity contribution is 0.269. The first kappa shape index (κ1) is 14.0. The number of ether oxygens (including phenoxy) is 1. The van der Waals surface area contributed by atoms with E-state index in [1.54, 1.807) is 10.9 Å². The molecule has 2 N–H and O–H groups in total. The van der Waals surface area contributed by atoms with Crippen molar-refractivity contribution in [1.82, 2.24) is 9.78 Å². The topological polar surface area (TPSA) is 59.3 Å². The predicted octanol–water partition coefficient (Wildman–Crippen LogP) is 2.42. The zero-order valence-electron chi connectivity index (χ0n) is 11.4. The van der Waals surface area contributed by atoms with E-state index < -0.39 is 0 Å². The number of anilines is 1. The van der Waals surface area contributed by atoms with Gasteiger partial charge in [-0.3, -0.25) is 4.68 Å². The number of nitrogens with zero attached hydrogens (tertiary/aromatic N) is 2. The molecule has 110 valence electrons. The molecule has 3 rings (SSSR count). The van der Waals surface area contributed by atoms with Gasteiger partial charge >= 0.3 is 0 Å². The van der Waals surface area contributed by atoms with Crippen LogP contribution in [0.4, 0.5) is 5.69 Å². The number of aliphatic hydroxyl groups excluding tert-OH is 1. The van der Waals surface area contributed by atoms with Crippen LogP contribution in [0.1, 0.15) is 5.56 Å². The zero-order valence-corrected chi connectivity index (χ0v) is 12.2. The first-order chi connectivity index (χ1) is 10.2. The highest BCUT2D eigenvalue weighted by atomic mass is 35.5. The van der Waals surface area contributed by atoms with Crippen molar-refractivity contribution >= 4 is 23.4 Å². The molecule has 1 aromatic carbocycles. The summed E-state index contributed by atoms with van der Waals surface area (Å²) < 4.78 is 7.40. The van der Waals surface area contributed by atoms with Crippen molar-refractivity contribution in [2.45, 2.75) is 6.54 Å². The van der Waals surface area contributed by atoms with Crippen LogP contribution < -0.4 is 10.1 Å². The van der Waals surface area contributed by atoms with Crippen molar-refractivity contribution in [2.24, 2.45) is 0 Å². The predicted molar refractivity (Wildman–Crippen MR) is 82.7 cm³/mol. The van der Waals surface area contributed by atoms with Gasteiger partial charge in [-0.15, -0.1) is 0 Å². The summed E-state index contributed by atoms with van der Waals surface area (Å²) in [6, 6.07) is 5.61. The molecule has 6 heteroatoms. The molecule has 0 amide bonds. The maximum absolute atomic E-state index is 8.86. The van der Waals surface area contributed by atoms with E-state index in [1.165, 1.54) is 0 Å². The van der Waals surface area contributed by atoms with Gasteiger partial charge in [0.2, 0.25) is 0 Å². The van der Waals surface area contributed by atoms with Gasteiger partial charge in [-0.2, -0.15) is 5.10 Å².